The van der Waals surface area contributed by atoms with Crippen molar-refractivity contribution in [1.82, 2.24) is 14.5 Å². The lowest BCUT2D eigenvalue weighted by molar-refractivity contribution is -0.133. The van der Waals surface area contributed by atoms with E-state index in [2.05, 4.69) is 5.32 Å². The summed E-state index contributed by atoms with van der Waals surface area (Å²) in [5, 5.41) is 2.85. The largest absolute Gasteiger partial charge is 0.344 e. The Labute approximate surface area is 193 Å². The Balaban J connectivity index is 2.15. The number of likely N-dealkylation sites (N-methyl/N-ethyl adjacent to an activating group) is 1. The third-order valence-corrected chi connectivity index (χ3v) is 8.34. The Hall–Kier alpha value is -1.93. The molecule has 0 saturated heterocycles. The zero-order valence-electron chi connectivity index (χ0n) is 20.1. The fraction of sp³-hybridized carbons (Fsp3) is 0.667. The quantitative estimate of drug-likeness (QED) is 0.573. The van der Waals surface area contributed by atoms with Crippen LogP contribution in [0.1, 0.15) is 70.2 Å². The van der Waals surface area contributed by atoms with Gasteiger partial charge in [-0.3, -0.25) is 9.59 Å². The maximum Gasteiger partial charge on any atom is 0.251 e. The molecule has 0 radical (unpaired) electrons. The molecule has 1 aromatic rings. The molecule has 0 unspecified atom stereocenters. The summed E-state index contributed by atoms with van der Waals surface area (Å²) in [6.45, 7) is 8.77. The molecule has 0 aliphatic heterocycles. The van der Waals surface area contributed by atoms with Gasteiger partial charge >= 0.3 is 0 Å². The van der Waals surface area contributed by atoms with E-state index in [-0.39, 0.29) is 22.3 Å². The summed E-state index contributed by atoms with van der Waals surface area (Å²) in [4.78, 5) is 27.9. The number of carbonyl (C=O) groups excluding carboxylic acids is 2. The maximum atomic E-state index is 13.1. The van der Waals surface area contributed by atoms with Gasteiger partial charge in [0.05, 0.1) is 4.90 Å². The maximum absolute atomic E-state index is 13.1. The molecule has 2 amide bonds. The second-order valence-corrected chi connectivity index (χ2v) is 11.0. The van der Waals surface area contributed by atoms with Gasteiger partial charge < -0.3 is 10.2 Å². The lowest BCUT2D eigenvalue weighted by atomic mass is 9.89. The average molecular weight is 466 g/mol. The molecule has 0 heterocycles. The number of nitrogens with zero attached hydrogens (tertiary/aromatic N) is 2. The minimum atomic E-state index is -3.67. The first kappa shape index (κ1) is 26.3. The lowest BCUT2D eigenvalue weighted by Gasteiger charge is -2.31. The number of carbonyl (C=O) groups is 2. The van der Waals surface area contributed by atoms with Gasteiger partial charge in [0.15, 0.2) is 0 Å². The van der Waals surface area contributed by atoms with Gasteiger partial charge in [0.25, 0.3) is 5.91 Å². The number of hydrogen-bond acceptors (Lipinski definition) is 4. The second-order valence-electron chi connectivity index (χ2n) is 9.04. The van der Waals surface area contributed by atoms with Crippen molar-refractivity contribution in [1.29, 1.82) is 0 Å². The van der Waals surface area contributed by atoms with Gasteiger partial charge in [-0.25, -0.2) is 8.42 Å². The fourth-order valence-electron chi connectivity index (χ4n) is 4.33. The molecule has 7 nitrogen and oxygen atoms in total. The van der Waals surface area contributed by atoms with Crippen molar-refractivity contribution in [2.45, 2.75) is 70.7 Å². The Morgan fingerprint density at radius 2 is 1.72 bits per heavy atom. The Morgan fingerprint density at radius 3 is 2.28 bits per heavy atom. The lowest BCUT2D eigenvalue weighted by Crippen LogP contribution is -2.51. The highest BCUT2D eigenvalue weighted by Crippen LogP contribution is 2.24. The fourth-order valence-corrected chi connectivity index (χ4v) is 5.84. The van der Waals surface area contributed by atoms with Crippen molar-refractivity contribution >= 4 is 21.8 Å². The van der Waals surface area contributed by atoms with Gasteiger partial charge in [-0.15, -0.1) is 0 Å². The van der Waals surface area contributed by atoms with Crippen molar-refractivity contribution < 1.29 is 18.0 Å². The normalized spacial score (nSPS) is 16.2. The number of rotatable bonds is 10. The molecule has 0 aromatic heterocycles. The van der Waals surface area contributed by atoms with Crippen LogP contribution in [0.3, 0.4) is 0 Å². The van der Waals surface area contributed by atoms with Gasteiger partial charge in [0, 0.05) is 32.2 Å². The summed E-state index contributed by atoms with van der Waals surface area (Å²) >= 11 is 0. The van der Waals surface area contributed by atoms with Crippen LogP contribution in [0.4, 0.5) is 0 Å². The van der Waals surface area contributed by atoms with Crippen LogP contribution >= 0.6 is 0 Å². The molecule has 8 heteroatoms. The molecule has 1 atom stereocenters. The Morgan fingerprint density at radius 1 is 1.09 bits per heavy atom. The van der Waals surface area contributed by atoms with E-state index in [1.54, 1.807) is 37.9 Å². The summed E-state index contributed by atoms with van der Waals surface area (Å²) < 4.78 is 27.0. The molecule has 1 aromatic carbocycles. The minimum Gasteiger partial charge on any atom is -0.344 e. The zero-order chi connectivity index (χ0) is 23.9. The number of nitrogens with one attached hydrogen (secondary N) is 1. The predicted molar refractivity (Wildman–Crippen MR) is 127 cm³/mol. The van der Waals surface area contributed by atoms with Gasteiger partial charge in [0.2, 0.25) is 15.9 Å². The van der Waals surface area contributed by atoms with E-state index < -0.39 is 22.0 Å². The molecule has 1 saturated carbocycles. The summed E-state index contributed by atoms with van der Waals surface area (Å²) in [6.07, 6.45) is 5.98. The average Bonchev–Trinajstić information content (AvgIpc) is 2.78. The smallest absolute Gasteiger partial charge is 0.251 e. The minimum absolute atomic E-state index is 0.0793. The first-order chi connectivity index (χ1) is 15.1. The Bertz CT molecular complexity index is 875. The van der Waals surface area contributed by atoms with Crippen LogP contribution in [0.15, 0.2) is 29.2 Å². The van der Waals surface area contributed by atoms with Gasteiger partial charge in [-0.05, 0) is 42.9 Å². The molecule has 1 N–H and O–H groups in total. The van der Waals surface area contributed by atoms with Gasteiger partial charge in [-0.1, -0.05) is 53.0 Å². The number of hydrogen-bond donors (Lipinski definition) is 1. The molecular weight excluding hydrogens is 426 g/mol. The van der Waals surface area contributed by atoms with Crippen LogP contribution in [0.25, 0.3) is 0 Å². The van der Waals surface area contributed by atoms with E-state index in [9.17, 15) is 18.0 Å². The number of amides is 2. The molecule has 1 aliphatic rings. The molecule has 0 spiro atoms. The van der Waals surface area contributed by atoms with Crippen LogP contribution in [0.5, 0.6) is 0 Å². The molecule has 1 fully saturated rings. The monoisotopic (exact) mass is 465 g/mol. The van der Waals surface area contributed by atoms with E-state index in [1.807, 2.05) is 13.8 Å². The van der Waals surface area contributed by atoms with E-state index in [0.717, 1.165) is 12.8 Å². The third kappa shape index (κ3) is 6.54. The van der Waals surface area contributed by atoms with Crippen LogP contribution in [0.2, 0.25) is 0 Å². The zero-order valence-corrected chi connectivity index (χ0v) is 21.0. The van der Waals surface area contributed by atoms with Crippen molar-refractivity contribution in [3.63, 3.8) is 0 Å². The van der Waals surface area contributed by atoms with Gasteiger partial charge in [-0.2, -0.15) is 4.31 Å². The second kappa shape index (κ2) is 11.8. The van der Waals surface area contributed by atoms with Crippen molar-refractivity contribution in [3.8, 4) is 0 Å². The highest BCUT2D eigenvalue weighted by atomic mass is 32.2. The molecule has 2 rings (SSSR count). The van der Waals surface area contributed by atoms with E-state index >= 15 is 0 Å². The highest BCUT2D eigenvalue weighted by molar-refractivity contribution is 7.89. The molecule has 32 heavy (non-hydrogen) atoms. The van der Waals surface area contributed by atoms with Crippen LogP contribution in [-0.4, -0.2) is 62.2 Å². The van der Waals surface area contributed by atoms with E-state index in [1.165, 1.54) is 35.7 Å². The highest BCUT2D eigenvalue weighted by Gasteiger charge is 2.29. The van der Waals surface area contributed by atoms with E-state index in [0.29, 0.717) is 25.6 Å². The van der Waals surface area contributed by atoms with Crippen LogP contribution < -0.4 is 5.32 Å². The van der Waals surface area contributed by atoms with Crippen molar-refractivity contribution in [3.05, 3.63) is 29.8 Å². The summed E-state index contributed by atoms with van der Waals surface area (Å²) in [7, 11) is -1.87. The molecule has 1 aliphatic carbocycles. The molecule has 0 bridgehead atoms. The summed E-state index contributed by atoms with van der Waals surface area (Å²) in [6, 6.07) is 5.35. The predicted octanol–water partition coefficient (Wildman–Crippen LogP) is 3.51. The standard InChI is InChI=1S/C24H39N3O4S/c1-6-27(7-2)32(30,31)21-15-11-14-20(16-21)23(28)25-22(18(3)4)24(29)26(5)17-19-12-9-8-10-13-19/h11,14-16,18-19,22H,6-10,12-13,17H2,1-5H3,(H,25,28)/t22-/m0/s1. The first-order valence-corrected chi connectivity index (χ1v) is 13.2. The Kier molecular flexibility index (Phi) is 9.70. The van der Waals surface area contributed by atoms with Gasteiger partial charge in [0.1, 0.15) is 6.04 Å². The topological polar surface area (TPSA) is 86.8 Å². The summed E-state index contributed by atoms with van der Waals surface area (Å²) in [5.74, 6) is -0.128. The number of benzene rings is 1. The van der Waals surface area contributed by atoms with Crippen LogP contribution in [-0.2, 0) is 14.8 Å². The SMILES string of the molecule is CCN(CC)S(=O)(=O)c1cccc(C(=O)N[C@H](C(=O)N(C)CC2CCCCC2)C(C)C)c1. The van der Waals surface area contributed by atoms with Crippen molar-refractivity contribution in [2.24, 2.45) is 11.8 Å². The summed E-state index contributed by atoms with van der Waals surface area (Å²) in [5.41, 5.74) is 0.228. The molecule has 180 valence electrons. The van der Waals surface area contributed by atoms with Crippen molar-refractivity contribution in [2.75, 3.05) is 26.7 Å². The number of sulfonamides is 1. The first-order valence-electron chi connectivity index (χ1n) is 11.8. The van der Waals surface area contributed by atoms with Crippen LogP contribution in [0, 0.1) is 11.8 Å². The molecular formula is C24H39N3O4S. The van der Waals surface area contributed by atoms with E-state index in [4.69, 9.17) is 0 Å². The third-order valence-electron chi connectivity index (χ3n) is 6.29.